The largest absolute Gasteiger partial charge is 0.464 e. The number of hydrogen-bond donors (Lipinski definition) is 0. The zero-order valence-electron chi connectivity index (χ0n) is 8.67. The van der Waals surface area contributed by atoms with E-state index in [-0.39, 0.29) is 11.6 Å². The number of epoxide rings is 1. The van der Waals surface area contributed by atoms with Crippen LogP contribution in [0, 0.1) is 0 Å². The van der Waals surface area contributed by atoms with Crippen molar-refractivity contribution in [2.75, 3.05) is 19.8 Å². The standard InChI is InChI=1S/C10H16O4/c1-3-10(8(11)13-4-2)9(14-10)5-6-12-7-9/h3-7H2,1-2H3. The lowest BCUT2D eigenvalue weighted by atomic mass is 9.89. The van der Waals surface area contributed by atoms with Crippen molar-refractivity contribution in [3.8, 4) is 0 Å². The molecule has 2 atom stereocenters. The summed E-state index contributed by atoms with van der Waals surface area (Å²) in [6, 6.07) is 0. The summed E-state index contributed by atoms with van der Waals surface area (Å²) in [6.45, 7) is 5.37. The lowest BCUT2D eigenvalue weighted by Gasteiger charge is -2.11. The van der Waals surface area contributed by atoms with Gasteiger partial charge in [-0.25, -0.2) is 4.79 Å². The number of carbonyl (C=O) groups is 1. The van der Waals surface area contributed by atoms with Crippen LogP contribution >= 0.6 is 0 Å². The Kier molecular flexibility index (Phi) is 2.27. The fraction of sp³-hybridized carbons (Fsp3) is 0.900. The second-order valence-electron chi connectivity index (χ2n) is 3.80. The summed E-state index contributed by atoms with van der Waals surface area (Å²) in [5, 5.41) is 0. The maximum absolute atomic E-state index is 11.7. The molecule has 2 unspecified atom stereocenters. The van der Waals surface area contributed by atoms with Gasteiger partial charge in [-0.3, -0.25) is 0 Å². The molecule has 2 heterocycles. The summed E-state index contributed by atoms with van der Waals surface area (Å²) in [5.74, 6) is -0.229. The first-order valence-corrected chi connectivity index (χ1v) is 5.16. The van der Waals surface area contributed by atoms with Gasteiger partial charge in [-0.05, 0) is 13.3 Å². The topological polar surface area (TPSA) is 48.1 Å². The van der Waals surface area contributed by atoms with E-state index in [9.17, 15) is 4.79 Å². The molecule has 2 fully saturated rings. The molecule has 0 N–H and O–H groups in total. The summed E-state index contributed by atoms with van der Waals surface area (Å²) in [5.41, 5.74) is -1.08. The molecule has 0 aromatic carbocycles. The van der Waals surface area contributed by atoms with Gasteiger partial charge in [0.2, 0.25) is 0 Å². The third-order valence-corrected chi connectivity index (χ3v) is 3.15. The first-order chi connectivity index (χ1) is 6.71. The monoisotopic (exact) mass is 200 g/mol. The summed E-state index contributed by atoms with van der Waals surface area (Å²) in [4.78, 5) is 11.7. The normalized spacial score (nSPS) is 40.1. The fourth-order valence-electron chi connectivity index (χ4n) is 2.27. The Morgan fingerprint density at radius 1 is 1.50 bits per heavy atom. The van der Waals surface area contributed by atoms with E-state index < -0.39 is 5.60 Å². The quantitative estimate of drug-likeness (QED) is 0.501. The third kappa shape index (κ3) is 1.10. The van der Waals surface area contributed by atoms with Gasteiger partial charge in [0.15, 0.2) is 5.60 Å². The van der Waals surface area contributed by atoms with Crippen LogP contribution in [0.5, 0.6) is 0 Å². The van der Waals surface area contributed by atoms with Crippen LogP contribution in [-0.2, 0) is 19.0 Å². The first-order valence-electron chi connectivity index (χ1n) is 5.16. The van der Waals surface area contributed by atoms with E-state index in [1.54, 1.807) is 0 Å². The predicted molar refractivity (Wildman–Crippen MR) is 48.9 cm³/mol. The Balaban J connectivity index is 2.10. The molecule has 4 heteroatoms. The van der Waals surface area contributed by atoms with Crippen molar-refractivity contribution >= 4 is 5.97 Å². The Morgan fingerprint density at radius 3 is 2.79 bits per heavy atom. The maximum Gasteiger partial charge on any atom is 0.341 e. The van der Waals surface area contributed by atoms with Crippen LogP contribution in [0.2, 0.25) is 0 Å². The molecule has 2 aliphatic rings. The summed E-state index contributed by atoms with van der Waals surface area (Å²) in [7, 11) is 0. The molecule has 2 rings (SSSR count). The average Bonchev–Trinajstić information content (AvgIpc) is 2.55. The Labute approximate surface area is 83.5 Å². The van der Waals surface area contributed by atoms with Crippen molar-refractivity contribution in [2.45, 2.75) is 37.9 Å². The highest BCUT2D eigenvalue weighted by molar-refractivity contribution is 5.85. The van der Waals surface area contributed by atoms with Gasteiger partial charge in [-0.1, -0.05) is 6.92 Å². The Bertz CT molecular complexity index is 245. The van der Waals surface area contributed by atoms with Crippen molar-refractivity contribution in [2.24, 2.45) is 0 Å². The van der Waals surface area contributed by atoms with Crippen LogP contribution in [0.3, 0.4) is 0 Å². The van der Waals surface area contributed by atoms with Gasteiger partial charge in [0.1, 0.15) is 5.60 Å². The minimum atomic E-state index is -0.709. The molecule has 0 aromatic heterocycles. The molecule has 4 nitrogen and oxygen atoms in total. The molecular weight excluding hydrogens is 184 g/mol. The molecule has 0 radical (unpaired) electrons. The Morgan fingerprint density at radius 2 is 2.29 bits per heavy atom. The number of esters is 1. The highest BCUT2D eigenvalue weighted by Gasteiger charge is 2.75. The zero-order chi connectivity index (χ0) is 10.2. The molecule has 0 aromatic rings. The fourth-order valence-corrected chi connectivity index (χ4v) is 2.27. The predicted octanol–water partition coefficient (Wildman–Crippen LogP) is 0.888. The van der Waals surface area contributed by atoms with Crippen LogP contribution in [0.1, 0.15) is 26.7 Å². The van der Waals surface area contributed by atoms with Crippen LogP contribution in [0.15, 0.2) is 0 Å². The molecule has 0 amide bonds. The van der Waals surface area contributed by atoms with Crippen molar-refractivity contribution < 1.29 is 19.0 Å². The SMILES string of the molecule is CCOC(=O)C1(CC)OC12CCOC2. The molecule has 0 aliphatic carbocycles. The first kappa shape index (κ1) is 9.93. The molecular formula is C10H16O4. The number of carbonyl (C=O) groups excluding carboxylic acids is 1. The van der Waals surface area contributed by atoms with Crippen molar-refractivity contribution in [1.82, 2.24) is 0 Å². The van der Waals surface area contributed by atoms with Gasteiger partial charge in [0, 0.05) is 13.0 Å². The molecule has 2 saturated heterocycles. The van der Waals surface area contributed by atoms with Gasteiger partial charge in [-0.15, -0.1) is 0 Å². The van der Waals surface area contributed by atoms with E-state index in [0.29, 0.717) is 26.2 Å². The molecule has 14 heavy (non-hydrogen) atoms. The summed E-state index contributed by atoms with van der Waals surface area (Å²) >= 11 is 0. The van der Waals surface area contributed by atoms with Crippen molar-refractivity contribution in [1.29, 1.82) is 0 Å². The summed E-state index contributed by atoms with van der Waals surface area (Å²) in [6.07, 6.45) is 1.47. The zero-order valence-corrected chi connectivity index (χ0v) is 8.67. The van der Waals surface area contributed by atoms with E-state index in [2.05, 4.69) is 0 Å². The second-order valence-corrected chi connectivity index (χ2v) is 3.80. The second kappa shape index (κ2) is 3.21. The van der Waals surface area contributed by atoms with E-state index in [4.69, 9.17) is 14.2 Å². The van der Waals surface area contributed by atoms with Gasteiger partial charge in [-0.2, -0.15) is 0 Å². The molecule has 0 saturated carbocycles. The lowest BCUT2D eigenvalue weighted by molar-refractivity contribution is -0.149. The summed E-state index contributed by atoms with van der Waals surface area (Å²) < 4.78 is 15.9. The van der Waals surface area contributed by atoms with Crippen LogP contribution < -0.4 is 0 Å². The maximum atomic E-state index is 11.7. The van der Waals surface area contributed by atoms with Gasteiger partial charge >= 0.3 is 5.97 Å². The number of ether oxygens (including phenoxy) is 3. The molecule has 1 spiro atoms. The highest BCUT2D eigenvalue weighted by Crippen LogP contribution is 2.55. The van der Waals surface area contributed by atoms with Crippen LogP contribution in [-0.4, -0.2) is 37.0 Å². The third-order valence-electron chi connectivity index (χ3n) is 3.15. The van der Waals surface area contributed by atoms with Gasteiger partial charge < -0.3 is 14.2 Å². The van der Waals surface area contributed by atoms with Crippen LogP contribution in [0.25, 0.3) is 0 Å². The molecule has 80 valence electrons. The van der Waals surface area contributed by atoms with E-state index in [0.717, 1.165) is 6.42 Å². The average molecular weight is 200 g/mol. The molecule has 2 aliphatic heterocycles. The van der Waals surface area contributed by atoms with Crippen molar-refractivity contribution in [3.05, 3.63) is 0 Å². The van der Waals surface area contributed by atoms with Crippen LogP contribution in [0.4, 0.5) is 0 Å². The Hall–Kier alpha value is -0.610. The van der Waals surface area contributed by atoms with Crippen molar-refractivity contribution in [3.63, 3.8) is 0 Å². The van der Waals surface area contributed by atoms with E-state index in [1.807, 2.05) is 13.8 Å². The van der Waals surface area contributed by atoms with Gasteiger partial charge in [0.05, 0.1) is 13.2 Å². The van der Waals surface area contributed by atoms with E-state index in [1.165, 1.54) is 0 Å². The minimum absolute atomic E-state index is 0.229. The minimum Gasteiger partial charge on any atom is -0.464 e. The molecule has 0 bridgehead atoms. The highest BCUT2D eigenvalue weighted by atomic mass is 16.7. The lowest BCUT2D eigenvalue weighted by Crippen LogP contribution is -2.35. The van der Waals surface area contributed by atoms with E-state index >= 15 is 0 Å². The van der Waals surface area contributed by atoms with Gasteiger partial charge in [0.25, 0.3) is 0 Å². The smallest absolute Gasteiger partial charge is 0.341 e. The number of rotatable bonds is 3. The number of hydrogen-bond acceptors (Lipinski definition) is 4.